The number of halogens is 1. The van der Waals surface area contributed by atoms with E-state index in [4.69, 9.17) is 11.6 Å². The van der Waals surface area contributed by atoms with Gasteiger partial charge in [0.1, 0.15) is 5.56 Å². The first-order valence-corrected chi connectivity index (χ1v) is 9.92. The van der Waals surface area contributed by atoms with Gasteiger partial charge in [0.15, 0.2) is 5.79 Å². The first kappa shape index (κ1) is 20.6. The van der Waals surface area contributed by atoms with Crippen LogP contribution in [-0.2, 0) is 20.1 Å². The fourth-order valence-electron chi connectivity index (χ4n) is 3.72. The smallest absolute Gasteiger partial charge is 0.257 e. The van der Waals surface area contributed by atoms with Gasteiger partial charge < -0.3 is 20.1 Å². The Morgan fingerprint density at radius 3 is 2.47 bits per heavy atom. The van der Waals surface area contributed by atoms with Crippen molar-refractivity contribution in [1.82, 2.24) is 14.8 Å². The molecular weight excluding hydrogens is 406 g/mol. The van der Waals surface area contributed by atoms with Crippen LogP contribution >= 0.6 is 11.6 Å². The lowest BCUT2D eigenvalue weighted by molar-refractivity contribution is -0.245. The van der Waals surface area contributed by atoms with E-state index in [9.17, 15) is 19.8 Å². The molecule has 1 aliphatic heterocycles. The number of nitrogens with one attached hydrogen (secondary N) is 1. The lowest BCUT2D eigenvalue weighted by Gasteiger charge is -2.42. The van der Waals surface area contributed by atoms with Crippen molar-refractivity contribution < 1.29 is 15.0 Å². The highest BCUT2D eigenvalue weighted by Gasteiger charge is 2.38. The number of hydrogen-bond donors (Lipinski definition) is 3. The average Bonchev–Trinajstić information content (AvgIpc) is 2.68. The molecular formula is C22H22ClN3O4. The summed E-state index contributed by atoms with van der Waals surface area (Å²) < 4.78 is 1.76. The van der Waals surface area contributed by atoms with Crippen molar-refractivity contribution >= 4 is 28.4 Å². The zero-order valence-electron chi connectivity index (χ0n) is 16.4. The van der Waals surface area contributed by atoms with E-state index >= 15 is 0 Å². The van der Waals surface area contributed by atoms with E-state index < -0.39 is 11.7 Å². The number of carbonyl (C=O) groups is 1. The number of carbonyl (C=O) groups excluding carboxylic acids is 1. The summed E-state index contributed by atoms with van der Waals surface area (Å²) in [6, 6.07) is 12.6. The Bertz CT molecular complexity index is 1160. The molecule has 1 fully saturated rings. The van der Waals surface area contributed by atoms with E-state index in [1.54, 1.807) is 36.0 Å². The molecule has 1 aromatic heterocycles. The van der Waals surface area contributed by atoms with E-state index in [1.807, 2.05) is 29.2 Å². The summed E-state index contributed by atoms with van der Waals surface area (Å²) in [5.74, 6) is -2.08. The van der Waals surface area contributed by atoms with Gasteiger partial charge in [-0.1, -0.05) is 29.8 Å². The van der Waals surface area contributed by atoms with Gasteiger partial charge in [-0.3, -0.25) is 14.5 Å². The Morgan fingerprint density at radius 1 is 1.13 bits per heavy atom. The predicted molar refractivity (Wildman–Crippen MR) is 114 cm³/mol. The number of aryl methyl sites for hydroxylation is 1. The molecule has 0 spiro atoms. The number of amides is 1. The van der Waals surface area contributed by atoms with Crippen LogP contribution in [0.4, 0.5) is 0 Å². The van der Waals surface area contributed by atoms with Crippen molar-refractivity contribution in [2.45, 2.75) is 18.9 Å². The summed E-state index contributed by atoms with van der Waals surface area (Å²) in [6.07, 6.45) is 1.54. The number of likely N-dealkylation sites (tertiary alicyclic amines) is 1. The minimum atomic E-state index is -1.64. The number of hydrogen-bond acceptors (Lipinski definition) is 5. The minimum absolute atomic E-state index is 0.0739. The van der Waals surface area contributed by atoms with Gasteiger partial charge in [-0.25, -0.2) is 0 Å². The third kappa shape index (κ3) is 4.24. The van der Waals surface area contributed by atoms with Gasteiger partial charge in [-0.05, 0) is 35.4 Å². The maximum Gasteiger partial charge on any atom is 0.257 e. The quantitative estimate of drug-likeness (QED) is 0.538. The second kappa shape index (κ2) is 7.85. The van der Waals surface area contributed by atoms with Crippen LogP contribution in [0.5, 0.6) is 0 Å². The Morgan fingerprint density at radius 2 is 1.80 bits per heavy atom. The highest BCUT2D eigenvalue weighted by Crippen LogP contribution is 2.22. The molecule has 3 N–H and O–H groups in total. The van der Waals surface area contributed by atoms with Gasteiger partial charge in [-0.2, -0.15) is 0 Å². The third-order valence-electron chi connectivity index (χ3n) is 5.22. The van der Waals surface area contributed by atoms with E-state index in [0.29, 0.717) is 17.0 Å². The molecule has 0 aliphatic carbocycles. The normalized spacial score (nSPS) is 15.7. The van der Waals surface area contributed by atoms with E-state index in [0.717, 1.165) is 16.6 Å². The lowest BCUT2D eigenvalue weighted by Crippen LogP contribution is -2.61. The van der Waals surface area contributed by atoms with Crippen LogP contribution in [0, 0.1) is 0 Å². The average molecular weight is 428 g/mol. The summed E-state index contributed by atoms with van der Waals surface area (Å²) in [5.41, 5.74) is 2.21. The lowest BCUT2D eigenvalue weighted by atomic mass is 10.0. The van der Waals surface area contributed by atoms with Crippen molar-refractivity contribution in [3.8, 4) is 0 Å². The fourth-order valence-corrected chi connectivity index (χ4v) is 3.85. The third-order valence-corrected chi connectivity index (χ3v) is 5.48. The number of β-amino-alcohol motifs (C(OH)–C–C–N with tert-alkyl or cyclic N) is 2. The molecule has 3 aromatic rings. The molecule has 1 aliphatic rings. The molecule has 7 nitrogen and oxygen atoms in total. The van der Waals surface area contributed by atoms with Gasteiger partial charge in [0.2, 0.25) is 5.43 Å². The van der Waals surface area contributed by atoms with Gasteiger partial charge in [0.05, 0.1) is 18.6 Å². The van der Waals surface area contributed by atoms with Crippen LogP contribution in [0.2, 0.25) is 5.02 Å². The predicted octanol–water partition coefficient (Wildman–Crippen LogP) is 1.62. The Balaban J connectivity index is 1.57. The van der Waals surface area contributed by atoms with Crippen LogP contribution in [-0.4, -0.2) is 44.5 Å². The molecule has 2 aromatic carbocycles. The van der Waals surface area contributed by atoms with Crippen LogP contribution in [0.1, 0.15) is 21.5 Å². The molecule has 8 heteroatoms. The second-order valence-corrected chi connectivity index (χ2v) is 8.21. The second-order valence-electron chi connectivity index (χ2n) is 7.77. The summed E-state index contributed by atoms with van der Waals surface area (Å²) in [5, 5.41) is 22.8. The summed E-state index contributed by atoms with van der Waals surface area (Å²) in [7, 11) is 1.79. The fraction of sp³-hybridized carbons (Fsp3) is 0.273. The molecule has 2 heterocycles. The Hall–Kier alpha value is -2.71. The molecule has 0 radical (unpaired) electrons. The number of fused-ring (bicyclic) bond motifs is 1. The van der Waals surface area contributed by atoms with Crippen LogP contribution in [0.15, 0.2) is 53.5 Å². The number of nitrogens with zero attached hydrogens (tertiary/aromatic N) is 2. The summed E-state index contributed by atoms with van der Waals surface area (Å²) in [6.45, 7) is 1.11. The summed E-state index contributed by atoms with van der Waals surface area (Å²) >= 11 is 5.88. The number of aromatic nitrogens is 1. The van der Waals surface area contributed by atoms with Crippen LogP contribution in [0.3, 0.4) is 0 Å². The SMILES string of the molecule is Cn1cc(C(=O)NCc2ccc(Cl)cc2)c(=O)c2cc(CN3CC(O)(O)C3)ccc21. The van der Waals surface area contributed by atoms with Crippen molar-refractivity contribution in [1.29, 1.82) is 0 Å². The maximum absolute atomic E-state index is 13.0. The zero-order chi connectivity index (χ0) is 21.5. The molecule has 156 valence electrons. The minimum Gasteiger partial charge on any atom is -0.364 e. The number of pyridine rings is 1. The van der Waals surface area contributed by atoms with E-state index in [-0.39, 0.29) is 30.6 Å². The van der Waals surface area contributed by atoms with E-state index in [2.05, 4.69) is 5.32 Å². The topological polar surface area (TPSA) is 94.8 Å². The molecule has 0 bridgehead atoms. The largest absolute Gasteiger partial charge is 0.364 e. The van der Waals surface area contributed by atoms with Crippen molar-refractivity contribution in [3.63, 3.8) is 0 Å². The Labute approximate surface area is 178 Å². The number of benzene rings is 2. The van der Waals surface area contributed by atoms with Gasteiger partial charge in [0, 0.05) is 36.7 Å². The highest BCUT2D eigenvalue weighted by atomic mass is 35.5. The van der Waals surface area contributed by atoms with Crippen LogP contribution < -0.4 is 10.7 Å². The molecule has 1 amide bonds. The maximum atomic E-state index is 13.0. The molecule has 30 heavy (non-hydrogen) atoms. The Kier molecular flexibility index (Phi) is 5.38. The van der Waals surface area contributed by atoms with Crippen molar-refractivity contribution in [2.24, 2.45) is 7.05 Å². The molecule has 0 atom stereocenters. The standard InChI is InChI=1S/C22H22ClN3O4/c1-25-11-18(21(28)24-9-14-2-5-16(23)6-3-14)20(27)17-8-15(4-7-19(17)25)10-26-12-22(29,30)13-26/h2-8,11,29-30H,9-10,12-13H2,1H3,(H,24,28). The molecule has 4 rings (SSSR count). The summed E-state index contributed by atoms with van der Waals surface area (Å²) in [4.78, 5) is 27.6. The van der Waals surface area contributed by atoms with Crippen LogP contribution in [0.25, 0.3) is 10.9 Å². The number of aliphatic hydroxyl groups is 2. The first-order valence-electron chi connectivity index (χ1n) is 9.54. The van der Waals surface area contributed by atoms with Gasteiger partial charge in [0.25, 0.3) is 5.91 Å². The monoisotopic (exact) mass is 427 g/mol. The van der Waals surface area contributed by atoms with E-state index in [1.165, 1.54) is 0 Å². The van der Waals surface area contributed by atoms with Gasteiger partial charge in [-0.15, -0.1) is 0 Å². The first-order chi connectivity index (χ1) is 14.2. The molecule has 1 saturated heterocycles. The molecule has 0 unspecified atom stereocenters. The highest BCUT2D eigenvalue weighted by molar-refractivity contribution is 6.30. The van der Waals surface area contributed by atoms with Gasteiger partial charge >= 0.3 is 0 Å². The zero-order valence-corrected chi connectivity index (χ0v) is 17.2. The van der Waals surface area contributed by atoms with Crippen molar-refractivity contribution in [2.75, 3.05) is 13.1 Å². The molecule has 0 saturated carbocycles. The van der Waals surface area contributed by atoms with Crippen molar-refractivity contribution in [3.05, 3.63) is 80.6 Å². The number of rotatable bonds is 5.